The second-order valence-corrected chi connectivity index (χ2v) is 4.08. The predicted octanol–water partition coefficient (Wildman–Crippen LogP) is -0.221. The summed E-state index contributed by atoms with van der Waals surface area (Å²) in [5.74, 6) is 0.709. The minimum atomic E-state index is 0.130. The molecule has 1 heterocycles. The summed E-state index contributed by atoms with van der Waals surface area (Å²) >= 11 is 0. The van der Waals surface area contributed by atoms with E-state index in [2.05, 4.69) is 4.90 Å². The lowest BCUT2D eigenvalue weighted by molar-refractivity contribution is -0.128. The summed E-state index contributed by atoms with van der Waals surface area (Å²) in [6.07, 6.45) is 1.14. The number of hydrogen-bond donors (Lipinski definition) is 1. The normalized spacial score (nSPS) is 22.6. The Morgan fingerprint density at radius 2 is 2.36 bits per heavy atom. The SMILES string of the molecule is CC(=O)N(C)CC1CCN(CCO)C1. The number of aliphatic hydroxyl groups excluding tert-OH is 1. The summed E-state index contributed by atoms with van der Waals surface area (Å²) in [5.41, 5.74) is 0. The molecule has 1 amide bonds. The highest BCUT2D eigenvalue weighted by Gasteiger charge is 2.23. The number of amides is 1. The van der Waals surface area contributed by atoms with Gasteiger partial charge in [-0.15, -0.1) is 0 Å². The van der Waals surface area contributed by atoms with E-state index >= 15 is 0 Å². The van der Waals surface area contributed by atoms with Gasteiger partial charge in [0.2, 0.25) is 5.91 Å². The molecule has 1 rings (SSSR count). The van der Waals surface area contributed by atoms with Crippen LogP contribution < -0.4 is 0 Å². The maximum Gasteiger partial charge on any atom is 0.219 e. The molecule has 0 aromatic carbocycles. The number of hydrogen-bond acceptors (Lipinski definition) is 3. The van der Waals surface area contributed by atoms with Gasteiger partial charge < -0.3 is 14.9 Å². The Morgan fingerprint density at radius 3 is 2.93 bits per heavy atom. The van der Waals surface area contributed by atoms with Crippen LogP contribution >= 0.6 is 0 Å². The van der Waals surface area contributed by atoms with Gasteiger partial charge in [0.15, 0.2) is 0 Å². The molecule has 14 heavy (non-hydrogen) atoms. The number of carbonyl (C=O) groups is 1. The molecular formula is C10H20N2O2. The fourth-order valence-electron chi connectivity index (χ4n) is 1.92. The monoisotopic (exact) mass is 200 g/mol. The topological polar surface area (TPSA) is 43.8 Å². The van der Waals surface area contributed by atoms with E-state index in [0.717, 1.165) is 32.6 Å². The van der Waals surface area contributed by atoms with E-state index in [1.807, 2.05) is 7.05 Å². The average Bonchev–Trinajstić information content (AvgIpc) is 2.53. The average molecular weight is 200 g/mol. The summed E-state index contributed by atoms with van der Waals surface area (Å²) in [7, 11) is 1.84. The summed E-state index contributed by atoms with van der Waals surface area (Å²) < 4.78 is 0. The molecular weight excluding hydrogens is 180 g/mol. The lowest BCUT2D eigenvalue weighted by Crippen LogP contribution is -2.32. The molecule has 0 radical (unpaired) electrons. The van der Waals surface area contributed by atoms with Crippen LogP contribution in [0, 0.1) is 5.92 Å². The van der Waals surface area contributed by atoms with E-state index in [1.165, 1.54) is 0 Å². The van der Waals surface area contributed by atoms with Crippen LogP contribution in [0.5, 0.6) is 0 Å². The Morgan fingerprint density at radius 1 is 1.64 bits per heavy atom. The van der Waals surface area contributed by atoms with Crippen molar-refractivity contribution >= 4 is 5.91 Å². The van der Waals surface area contributed by atoms with Crippen molar-refractivity contribution in [2.24, 2.45) is 5.92 Å². The van der Waals surface area contributed by atoms with E-state index in [9.17, 15) is 4.79 Å². The van der Waals surface area contributed by atoms with Gasteiger partial charge in [0.25, 0.3) is 0 Å². The smallest absolute Gasteiger partial charge is 0.219 e. The first-order chi connectivity index (χ1) is 6.63. The van der Waals surface area contributed by atoms with Gasteiger partial charge in [0, 0.05) is 33.6 Å². The van der Waals surface area contributed by atoms with Crippen LogP contribution in [-0.4, -0.2) is 60.6 Å². The highest BCUT2D eigenvalue weighted by atomic mass is 16.3. The molecule has 0 spiro atoms. The van der Waals surface area contributed by atoms with Gasteiger partial charge in [-0.3, -0.25) is 4.79 Å². The van der Waals surface area contributed by atoms with Crippen molar-refractivity contribution < 1.29 is 9.90 Å². The van der Waals surface area contributed by atoms with Crippen molar-refractivity contribution in [1.29, 1.82) is 0 Å². The third-order valence-electron chi connectivity index (χ3n) is 2.86. The van der Waals surface area contributed by atoms with E-state index < -0.39 is 0 Å². The Bertz CT molecular complexity index is 197. The van der Waals surface area contributed by atoms with Gasteiger partial charge in [-0.25, -0.2) is 0 Å². The van der Waals surface area contributed by atoms with E-state index in [1.54, 1.807) is 11.8 Å². The summed E-state index contributed by atoms with van der Waals surface area (Å²) in [6, 6.07) is 0. The molecule has 1 aliphatic rings. The van der Waals surface area contributed by atoms with Crippen LogP contribution in [0.1, 0.15) is 13.3 Å². The highest BCUT2D eigenvalue weighted by Crippen LogP contribution is 2.16. The molecule has 1 aliphatic heterocycles. The standard InChI is InChI=1S/C10H20N2O2/c1-9(14)11(2)7-10-3-4-12(8-10)5-6-13/h10,13H,3-8H2,1-2H3. The zero-order chi connectivity index (χ0) is 10.6. The molecule has 1 N–H and O–H groups in total. The van der Waals surface area contributed by atoms with Crippen molar-refractivity contribution in [2.45, 2.75) is 13.3 Å². The Kier molecular flexibility index (Phi) is 4.35. The van der Waals surface area contributed by atoms with Gasteiger partial charge in [0.1, 0.15) is 0 Å². The first kappa shape index (κ1) is 11.5. The highest BCUT2D eigenvalue weighted by molar-refractivity contribution is 5.72. The Labute approximate surface area is 85.5 Å². The number of carbonyl (C=O) groups excluding carboxylic acids is 1. The quantitative estimate of drug-likeness (QED) is 0.682. The first-order valence-electron chi connectivity index (χ1n) is 5.18. The van der Waals surface area contributed by atoms with Crippen LogP contribution in [0.3, 0.4) is 0 Å². The van der Waals surface area contributed by atoms with E-state index in [4.69, 9.17) is 5.11 Å². The third kappa shape index (κ3) is 3.27. The minimum Gasteiger partial charge on any atom is -0.395 e. The van der Waals surface area contributed by atoms with Crippen molar-refractivity contribution in [2.75, 3.05) is 39.8 Å². The fourth-order valence-corrected chi connectivity index (χ4v) is 1.92. The molecule has 1 unspecified atom stereocenters. The van der Waals surface area contributed by atoms with Crippen LogP contribution in [0.4, 0.5) is 0 Å². The zero-order valence-electron chi connectivity index (χ0n) is 9.07. The number of aliphatic hydroxyl groups is 1. The van der Waals surface area contributed by atoms with Crippen molar-refractivity contribution in [3.05, 3.63) is 0 Å². The van der Waals surface area contributed by atoms with Crippen molar-refractivity contribution in [1.82, 2.24) is 9.80 Å². The van der Waals surface area contributed by atoms with E-state index in [-0.39, 0.29) is 12.5 Å². The van der Waals surface area contributed by atoms with Crippen molar-refractivity contribution in [3.8, 4) is 0 Å². The molecule has 82 valence electrons. The molecule has 0 bridgehead atoms. The molecule has 1 fully saturated rings. The third-order valence-corrected chi connectivity index (χ3v) is 2.86. The maximum absolute atomic E-state index is 11.0. The van der Waals surface area contributed by atoms with Gasteiger partial charge in [0.05, 0.1) is 6.61 Å². The van der Waals surface area contributed by atoms with E-state index in [0.29, 0.717) is 5.92 Å². The van der Waals surface area contributed by atoms with Crippen LogP contribution in [0.25, 0.3) is 0 Å². The zero-order valence-corrected chi connectivity index (χ0v) is 9.07. The van der Waals surface area contributed by atoms with Gasteiger partial charge in [-0.1, -0.05) is 0 Å². The molecule has 0 aromatic heterocycles. The number of β-amino-alcohol motifs (C(OH)–C–C–N with tert-alkyl or cyclic N) is 1. The molecule has 1 saturated heterocycles. The minimum absolute atomic E-state index is 0.130. The predicted molar refractivity (Wildman–Crippen MR) is 54.9 cm³/mol. The second-order valence-electron chi connectivity index (χ2n) is 4.08. The summed E-state index contributed by atoms with van der Waals surface area (Å²) in [6.45, 7) is 5.50. The first-order valence-corrected chi connectivity index (χ1v) is 5.18. The van der Waals surface area contributed by atoms with Gasteiger partial charge in [-0.05, 0) is 18.9 Å². The number of likely N-dealkylation sites (tertiary alicyclic amines) is 1. The molecule has 0 saturated carbocycles. The Balaban J connectivity index is 2.25. The van der Waals surface area contributed by atoms with Crippen LogP contribution in [-0.2, 0) is 4.79 Å². The maximum atomic E-state index is 11.0. The molecule has 4 nitrogen and oxygen atoms in total. The summed E-state index contributed by atoms with van der Waals surface area (Å²) in [4.78, 5) is 15.0. The molecule has 4 heteroatoms. The van der Waals surface area contributed by atoms with Crippen LogP contribution in [0.15, 0.2) is 0 Å². The van der Waals surface area contributed by atoms with Crippen LogP contribution in [0.2, 0.25) is 0 Å². The van der Waals surface area contributed by atoms with Gasteiger partial charge >= 0.3 is 0 Å². The second kappa shape index (κ2) is 5.32. The number of nitrogens with zero attached hydrogens (tertiary/aromatic N) is 2. The molecule has 1 atom stereocenters. The Hall–Kier alpha value is -0.610. The summed E-state index contributed by atoms with van der Waals surface area (Å²) in [5, 5.41) is 8.78. The lowest BCUT2D eigenvalue weighted by Gasteiger charge is -2.20. The molecule has 0 aromatic rings. The largest absolute Gasteiger partial charge is 0.395 e. The van der Waals surface area contributed by atoms with Crippen molar-refractivity contribution in [3.63, 3.8) is 0 Å². The van der Waals surface area contributed by atoms with Gasteiger partial charge in [-0.2, -0.15) is 0 Å². The molecule has 0 aliphatic carbocycles. The lowest BCUT2D eigenvalue weighted by atomic mass is 10.1. The number of rotatable bonds is 4. The fraction of sp³-hybridized carbons (Fsp3) is 0.900.